The summed E-state index contributed by atoms with van der Waals surface area (Å²) in [5.74, 6) is 0. The molecule has 0 rings (SSSR count). The molecule has 0 fully saturated rings. The predicted octanol–water partition coefficient (Wildman–Crippen LogP) is -0.664. The van der Waals surface area contributed by atoms with Gasteiger partial charge in [-0.15, -0.1) is 0 Å². The summed E-state index contributed by atoms with van der Waals surface area (Å²) in [6.45, 7) is 0. The van der Waals surface area contributed by atoms with E-state index in [1.165, 1.54) is 0 Å². The van der Waals surface area contributed by atoms with Crippen LogP contribution in [0.2, 0.25) is 0 Å². The van der Waals surface area contributed by atoms with E-state index in [0.717, 1.165) is 0 Å². The van der Waals surface area contributed by atoms with Crippen LogP contribution < -0.4 is 0 Å². The fourth-order valence-corrected chi connectivity index (χ4v) is 0. The summed E-state index contributed by atoms with van der Waals surface area (Å²) in [6, 6.07) is 0. The third kappa shape index (κ3) is 102. The molecular formula is HO3SZn. The molecule has 0 radical (unpaired) electrons. The Kier molecular flexibility index (Phi) is 1.47. The van der Waals surface area contributed by atoms with Gasteiger partial charge < -0.3 is 0 Å². The molecule has 0 amide bonds. The van der Waals surface area contributed by atoms with Crippen molar-refractivity contribution in [2.75, 3.05) is 0 Å². The van der Waals surface area contributed by atoms with E-state index >= 15 is 0 Å². The van der Waals surface area contributed by atoms with Crippen LogP contribution in [0.25, 0.3) is 0 Å². The maximum atomic E-state index is 9.24. The zero-order valence-electron chi connectivity index (χ0n) is 2.38. The number of hydrogen-bond donors (Lipinski definition) is 1. The van der Waals surface area contributed by atoms with Gasteiger partial charge in [-0.2, -0.15) is 0 Å². The quantitative estimate of drug-likeness (QED) is 0.365. The summed E-state index contributed by atoms with van der Waals surface area (Å²) < 4.78 is 26.0. The summed E-state index contributed by atoms with van der Waals surface area (Å²) >= 11 is -0.0764. The van der Waals surface area contributed by atoms with Crippen molar-refractivity contribution in [2.45, 2.75) is 0 Å². The standard InChI is InChI=1S/HO3S.Zn/c1-4(2)3;/h(H,1,2,3);. The molecule has 1 N–H and O–H groups in total. The van der Waals surface area contributed by atoms with Gasteiger partial charge in [-0.25, -0.2) is 0 Å². The normalized spacial score (nSPS) is 11.8. The SMILES string of the molecule is O=[S](=O)(O)[Zn]. The molecule has 0 saturated carbocycles. The molecule has 0 unspecified atom stereocenters. The Morgan fingerprint density at radius 2 is 1.60 bits per heavy atom. The molecule has 0 aromatic heterocycles. The fraction of sp³-hybridized carbons (Fsp3) is 0. The molecule has 0 saturated heterocycles. The van der Waals surface area contributed by atoms with Crippen molar-refractivity contribution in [3.63, 3.8) is 0 Å². The first kappa shape index (κ1) is 5.53. The van der Waals surface area contributed by atoms with E-state index in [1.807, 2.05) is 0 Å². The van der Waals surface area contributed by atoms with Crippen LogP contribution in [0.4, 0.5) is 0 Å². The minimum atomic E-state index is -3.54. The Morgan fingerprint density at radius 3 is 1.60 bits per heavy atom. The number of hydrogen-bond acceptors (Lipinski definition) is 2. The van der Waals surface area contributed by atoms with Crippen molar-refractivity contribution in [3.05, 3.63) is 0 Å². The Balaban J connectivity index is 4.06. The van der Waals surface area contributed by atoms with Crippen LogP contribution in [-0.4, -0.2) is 13.0 Å². The van der Waals surface area contributed by atoms with Crippen LogP contribution in [0.3, 0.4) is 0 Å². The third-order valence-corrected chi connectivity index (χ3v) is 0. The molecule has 0 bridgehead atoms. The summed E-state index contributed by atoms with van der Waals surface area (Å²) in [5.41, 5.74) is 0. The summed E-state index contributed by atoms with van der Waals surface area (Å²) in [7, 11) is -3.54. The summed E-state index contributed by atoms with van der Waals surface area (Å²) in [6.07, 6.45) is 0. The van der Waals surface area contributed by atoms with Gasteiger partial charge in [0.15, 0.2) is 0 Å². The molecule has 27 valence electrons. The molecule has 0 aromatic carbocycles. The molecule has 3 nitrogen and oxygen atoms in total. The second kappa shape index (κ2) is 1.33. The van der Waals surface area contributed by atoms with Gasteiger partial charge in [-0.05, 0) is 0 Å². The molecule has 0 aliphatic heterocycles. The molecule has 5 heavy (non-hydrogen) atoms. The first-order valence-electron chi connectivity index (χ1n) is 0.805. The van der Waals surface area contributed by atoms with Crippen molar-refractivity contribution in [3.8, 4) is 0 Å². The number of rotatable bonds is 0. The van der Waals surface area contributed by atoms with Crippen molar-refractivity contribution < 1.29 is 30.1 Å². The molecule has 0 aromatic rings. The summed E-state index contributed by atoms with van der Waals surface area (Å²) in [5, 5.41) is 0. The second-order valence-electron chi connectivity index (χ2n) is 0.582. The van der Waals surface area contributed by atoms with Crippen molar-refractivity contribution in [1.29, 1.82) is 0 Å². The van der Waals surface area contributed by atoms with Crippen molar-refractivity contribution in [2.24, 2.45) is 0 Å². The zero-order valence-corrected chi connectivity index (χ0v) is 6.16. The van der Waals surface area contributed by atoms with E-state index in [4.69, 9.17) is 4.55 Å². The molecule has 5 heteroatoms. The third-order valence-electron chi connectivity index (χ3n) is 0. The van der Waals surface area contributed by atoms with Crippen molar-refractivity contribution >= 4 is 8.11 Å². The van der Waals surface area contributed by atoms with Crippen LogP contribution in [0.5, 0.6) is 0 Å². The Morgan fingerprint density at radius 1 is 1.60 bits per heavy atom. The van der Waals surface area contributed by atoms with Gasteiger partial charge in [0.05, 0.1) is 0 Å². The Bertz CT molecular complexity index is 90.1. The summed E-state index contributed by atoms with van der Waals surface area (Å²) in [4.78, 5) is 0. The first-order chi connectivity index (χ1) is 2.00. The average molecular weight is 146 g/mol. The topological polar surface area (TPSA) is 54.4 Å². The monoisotopic (exact) mass is 145 g/mol. The van der Waals surface area contributed by atoms with Crippen LogP contribution in [0, 0.1) is 0 Å². The Labute approximate surface area is 38.6 Å². The predicted molar refractivity (Wildman–Crippen MR) is 11.5 cm³/mol. The van der Waals surface area contributed by atoms with Gasteiger partial charge >= 0.3 is 38.2 Å². The fourth-order valence-electron chi connectivity index (χ4n) is 0. The van der Waals surface area contributed by atoms with Crippen LogP contribution >= 0.6 is 0 Å². The van der Waals surface area contributed by atoms with Gasteiger partial charge in [0.25, 0.3) is 0 Å². The van der Waals surface area contributed by atoms with Gasteiger partial charge in [-0.3, -0.25) is 0 Å². The van der Waals surface area contributed by atoms with Crippen molar-refractivity contribution in [1.82, 2.24) is 0 Å². The van der Waals surface area contributed by atoms with Gasteiger partial charge in [0, 0.05) is 0 Å². The molecule has 0 heterocycles. The van der Waals surface area contributed by atoms with E-state index in [0.29, 0.717) is 0 Å². The van der Waals surface area contributed by atoms with E-state index < -0.39 is 8.11 Å². The first-order valence-corrected chi connectivity index (χ1v) is 6.05. The van der Waals surface area contributed by atoms with E-state index in [1.54, 1.807) is 0 Å². The molecule has 0 spiro atoms. The second-order valence-corrected chi connectivity index (χ2v) is 6.34. The van der Waals surface area contributed by atoms with Gasteiger partial charge in [0.2, 0.25) is 0 Å². The zero-order chi connectivity index (χ0) is 4.50. The van der Waals surface area contributed by atoms with Gasteiger partial charge in [0.1, 0.15) is 0 Å². The average Bonchev–Trinajstić information content (AvgIpc) is 0.722. The molecular weight excluding hydrogens is 145 g/mol. The van der Waals surface area contributed by atoms with E-state index in [2.05, 4.69) is 0 Å². The van der Waals surface area contributed by atoms with E-state index in [-0.39, 0.29) is 17.1 Å². The maximum absolute atomic E-state index is 9.24. The minimum absolute atomic E-state index is 0.0764. The molecule has 0 aliphatic rings. The van der Waals surface area contributed by atoms with Crippen LogP contribution in [0.15, 0.2) is 0 Å². The van der Waals surface area contributed by atoms with E-state index in [9.17, 15) is 8.42 Å². The van der Waals surface area contributed by atoms with Gasteiger partial charge in [-0.1, -0.05) is 0 Å². The Hall–Kier alpha value is 0.533. The molecule has 0 aliphatic carbocycles. The molecule has 0 atom stereocenters. The van der Waals surface area contributed by atoms with Crippen LogP contribution in [0.1, 0.15) is 0 Å². The van der Waals surface area contributed by atoms with Crippen LogP contribution in [-0.2, 0) is 25.2 Å².